The van der Waals surface area contributed by atoms with Crippen LogP contribution in [0.2, 0.25) is 0 Å². The fraction of sp³-hybridized carbons (Fsp3) is 0.211. The van der Waals surface area contributed by atoms with Gasteiger partial charge in [0.25, 0.3) is 0 Å². The van der Waals surface area contributed by atoms with Gasteiger partial charge in [-0.05, 0) is 42.2 Å². The Morgan fingerprint density at radius 2 is 1.88 bits per heavy atom. The zero-order chi connectivity index (χ0) is 16.8. The first-order valence-corrected chi connectivity index (χ1v) is 9.32. The SMILES string of the molecule is Fc1ccc(CCSC(=S)NCCc2c[nH]c3ccccc23)cc1. The second-order valence-electron chi connectivity index (χ2n) is 5.55. The highest BCUT2D eigenvalue weighted by Gasteiger charge is 2.03. The lowest BCUT2D eigenvalue weighted by Gasteiger charge is -2.07. The molecule has 2 aromatic carbocycles. The smallest absolute Gasteiger partial charge is 0.133 e. The third kappa shape index (κ3) is 4.58. The van der Waals surface area contributed by atoms with Crippen molar-refractivity contribution in [3.05, 3.63) is 71.7 Å². The van der Waals surface area contributed by atoms with E-state index in [1.807, 2.05) is 18.2 Å². The molecule has 0 amide bonds. The number of nitrogens with one attached hydrogen (secondary N) is 2. The Bertz CT molecular complexity index is 812. The molecule has 3 aromatic rings. The molecule has 0 spiro atoms. The topological polar surface area (TPSA) is 27.8 Å². The van der Waals surface area contributed by atoms with Crippen LogP contribution in [0.25, 0.3) is 10.9 Å². The standard InChI is InChI=1S/C19H19FN2S2/c20-16-7-5-14(6-8-16)10-12-24-19(23)21-11-9-15-13-22-18-4-2-1-3-17(15)18/h1-8,13,22H,9-12H2,(H,21,23). The number of halogens is 1. The Balaban J connectivity index is 1.39. The summed E-state index contributed by atoms with van der Waals surface area (Å²) in [6.07, 6.45) is 3.88. The quantitative estimate of drug-likeness (QED) is 0.626. The molecule has 0 unspecified atom stereocenters. The molecule has 0 bridgehead atoms. The van der Waals surface area contributed by atoms with Gasteiger partial charge in [-0.15, -0.1) is 0 Å². The van der Waals surface area contributed by atoms with Gasteiger partial charge in [-0.1, -0.05) is 54.3 Å². The van der Waals surface area contributed by atoms with E-state index in [2.05, 4.69) is 34.7 Å². The van der Waals surface area contributed by atoms with Crippen molar-refractivity contribution < 1.29 is 4.39 Å². The van der Waals surface area contributed by atoms with Crippen LogP contribution in [0, 0.1) is 5.82 Å². The summed E-state index contributed by atoms with van der Waals surface area (Å²) in [5, 5.41) is 4.57. The second-order valence-corrected chi connectivity index (χ2v) is 7.32. The van der Waals surface area contributed by atoms with E-state index in [1.54, 1.807) is 11.8 Å². The fourth-order valence-corrected chi connectivity index (χ4v) is 3.68. The van der Waals surface area contributed by atoms with Crippen molar-refractivity contribution in [2.75, 3.05) is 12.3 Å². The average molecular weight is 359 g/mol. The monoisotopic (exact) mass is 358 g/mol. The summed E-state index contributed by atoms with van der Waals surface area (Å²) >= 11 is 7.00. The third-order valence-electron chi connectivity index (χ3n) is 3.88. The maximum atomic E-state index is 12.9. The number of fused-ring (bicyclic) bond motifs is 1. The van der Waals surface area contributed by atoms with Gasteiger partial charge >= 0.3 is 0 Å². The molecule has 124 valence electrons. The predicted octanol–water partition coefficient (Wildman–Crippen LogP) is 4.70. The summed E-state index contributed by atoms with van der Waals surface area (Å²) in [6.45, 7) is 0.824. The summed E-state index contributed by atoms with van der Waals surface area (Å²) in [7, 11) is 0. The normalized spacial score (nSPS) is 10.9. The van der Waals surface area contributed by atoms with Crippen LogP contribution in [-0.4, -0.2) is 21.6 Å². The number of aryl methyl sites for hydroxylation is 1. The molecular formula is C19H19FN2S2. The highest BCUT2D eigenvalue weighted by molar-refractivity contribution is 8.22. The van der Waals surface area contributed by atoms with E-state index in [4.69, 9.17) is 12.2 Å². The number of thioether (sulfide) groups is 1. The van der Waals surface area contributed by atoms with Crippen LogP contribution in [0.5, 0.6) is 0 Å². The molecule has 24 heavy (non-hydrogen) atoms. The Kier molecular flexibility index (Phi) is 5.88. The maximum Gasteiger partial charge on any atom is 0.133 e. The van der Waals surface area contributed by atoms with Crippen LogP contribution in [0.4, 0.5) is 4.39 Å². The van der Waals surface area contributed by atoms with Crippen molar-refractivity contribution in [1.29, 1.82) is 0 Å². The first kappa shape index (κ1) is 17.0. The number of hydrogen-bond donors (Lipinski definition) is 2. The van der Waals surface area contributed by atoms with Crippen LogP contribution in [0.1, 0.15) is 11.1 Å². The first-order valence-electron chi connectivity index (χ1n) is 7.92. The molecule has 0 fully saturated rings. The van der Waals surface area contributed by atoms with Gasteiger partial charge in [0.05, 0.1) is 0 Å². The van der Waals surface area contributed by atoms with Gasteiger partial charge in [0.15, 0.2) is 0 Å². The zero-order valence-corrected chi connectivity index (χ0v) is 14.9. The summed E-state index contributed by atoms with van der Waals surface area (Å²) in [6, 6.07) is 15.0. The van der Waals surface area contributed by atoms with Crippen LogP contribution >= 0.6 is 24.0 Å². The van der Waals surface area contributed by atoms with Crippen molar-refractivity contribution in [2.45, 2.75) is 12.8 Å². The second kappa shape index (κ2) is 8.31. The zero-order valence-electron chi connectivity index (χ0n) is 13.2. The number of H-pyrrole nitrogens is 1. The van der Waals surface area contributed by atoms with Gasteiger partial charge in [-0.3, -0.25) is 0 Å². The number of hydrogen-bond acceptors (Lipinski definition) is 2. The van der Waals surface area contributed by atoms with Gasteiger partial charge in [0.1, 0.15) is 10.1 Å². The van der Waals surface area contributed by atoms with Crippen molar-refractivity contribution in [1.82, 2.24) is 10.3 Å². The van der Waals surface area contributed by atoms with E-state index in [1.165, 1.54) is 28.6 Å². The van der Waals surface area contributed by atoms with Crippen molar-refractivity contribution in [3.8, 4) is 0 Å². The molecule has 0 atom stereocenters. The predicted molar refractivity (Wildman–Crippen MR) is 105 cm³/mol. The van der Waals surface area contributed by atoms with E-state index in [9.17, 15) is 4.39 Å². The number of aromatic nitrogens is 1. The molecule has 1 heterocycles. The van der Waals surface area contributed by atoms with E-state index < -0.39 is 0 Å². The van der Waals surface area contributed by atoms with Crippen LogP contribution < -0.4 is 5.32 Å². The highest BCUT2D eigenvalue weighted by Crippen LogP contribution is 2.17. The minimum absolute atomic E-state index is 0.194. The van der Waals surface area contributed by atoms with Gasteiger partial charge < -0.3 is 10.3 Å². The summed E-state index contributed by atoms with van der Waals surface area (Å²) in [5.74, 6) is 0.700. The number of benzene rings is 2. The summed E-state index contributed by atoms with van der Waals surface area (Å²) in [4.78, 5) is 3.29. The lowest BCUT2D eigenvalue weighted by atomic mass is 10.1. The highest BCUT2D eigenvalue weighted by atomic mass is 32.2. The largest absolute Gasteiger partial charge is 0.371 e. The molecule has 2 N–H and O–H groups in total. The number of para-hydroxylation sites is 1. The molecule has 1 aromatic heterocycles. The van der Waals surface area contributed by atoms with E-state index in [-0.39, 0.29) is 5.82 Å². The van der Waals surface area contributed by atoms with Crippen LogP contribution in [0.3, 0.4) is 0 Å². The van der Waals surface area contributed by atoms with Crippen LogP contribution in [0.15, 0.2) is 54.7 Å². The minimum Gasteiger partial charge on any atom is -0.371 e. The van der Waals surface area contributed by atoms with Gasteiger partial charge in [0, 0.05) is 29.4 Å². The molecule has 0 aliphatic rings. The Hall–Kier alpha value is -1.85. The van der Waals surface area contributed by atoms with Crippen molar-refractivity contribution in [3.63, 3.8) is 0 Å². The molecule has 3 rings (SSSR count). The molecule has 0 aliphatic carbocycles. The lowest BCUT2D eigenvalue weighted by molar-refractivity contribution is 0.627. The number of aromatic amines is 1. The average Bonchev–Trinajstić information content (AvgIpc) is 3.00. The Morgan fingerprint density at radius 3 is 2.71 bits per heavy atom. The van der Waals surface area contributed by atoms with E-state index >= 15 is 0 Å². The lowest BCUT2D eigenvalue weighted by Crippen LogP contribution is -2.21. The maximum absolute atomic E-state index is 12.9. The molecular weight excluding hydrogens is 339 g/mol. The molecule has 2 nitrogen and oxygen atoms in total. The van der Waals surface area contributed by atoms with E-state index in [0.717, 1.165) is 35.0 Å². The third-order valence-corrected chi connectivity index (χ3v) is 5.19. The van der Waals surface area contributed by atoms with Gasteiger partial charge in [-0.2, -0.15) is 0 Å². The van der Waals surface area contributed by atoms with Gasteiger partial charge in [0.2, 0.25) is 0 Å². The molecule has 0 aliphatic heterocycles. The Labute approximate surface area is 150 Å². The van der Waals surface area contributed by atoms with Crippen LogP contribution in [-0.2, 0) is 12.8 Å². The number of rotatable bonds is 6. The molecule has 0 saturated carbocycles. The molecule has 0 radical (unpaired) electrons. The van der Waals surface area contributed by atoms with Crippen molar-refractivity contribution in [2.24, 2.45) is 0 Å². The Morgan fingerprint density at radius 1 is 1.08 bits per heavy atom. The van der Waals surface area contributed by atoms with E-state index in [0.29, 0.717) is 0 Å². The van der Waals surface area contributed by atoms with Gasteiger partial charge in [-0.25, -0.2) is 4.39 Å². The summed E-state index contributed by atoms with van der Waals surface area (Å²) < 4.78 is 13.7. The number of thiocarbonyl (C=S) groups is 1. The molecule has 5 heteroatoms. The first-order chi connectivity index (χ1) is 11.7. The van der Waals surface area contributed by atoms with Crippen molar-refractivity contribution >= 4 is 39.2 Å². The summed E-state index contributed by atoms with van der Waals surface area (Å²) in [5.41, 5.74) is 3.60. The fourth-order valence-electron chi connectivity index (χ4n) is 2.60. The molecule has 0 saturated heterocycles. The minimum atomic E-state index is -0.194.